The second-order valence-corrected chi connectivity index (χ2v) is 6.74. The van der Waals surface area contributed by atoms with Crippen LogP contribution in [0.1, 0.15) is 51.0 Å². The molecular formula is C20H34N4. The maximum atomic E-state index is 4.37. The van der Waals surface area contributed by atoms with Gasteiger partial charge in [-0.1, -0.05) is 56.5 Å². The van der Waals surface area contributed by atoms with Crippen molar-refractivity contribution < 1.29 is 0 Å². The molecule has 1 aromatic carbocycles. The van der Waals surface area contributed by atoms with Gasteiger partial charge >= 0.3 is 0 Å². The van der Waals surface area contributed by atoms with Crippen LogP contribution in [0.15, 0.2) is 35.3 Å². The van der Waals surface area contributed by atoms with Crippen LogP contribution in [-0.2, 0) is 6.54 Å². The minimum Gasteiger partial charge on any atom is -0.356 e. The standard InChI is InChI=1S/C20H34N4/c1-3-4-5-9-14-22-20(21-2)23-19-12-15-24(16-13-19)17-18-10-7-6-8-11-18/h6-8,10-11,19H,3-5,9,12-17H2,1-2H3,(H2,21,22,23). The van der Waals surface area contributed by atoms with Crippen LogP contribution in [0.25, 0.3) is 0 Å². The molecule has 1 fully saturated rings. The second-order valence-electron chi connectivity index (χ2n) is 6.74. The van der Waals surface area contributed by atoms with E-state index in [0.717, 1.165) is 32.1 Å². The fraction of sp³-hybridized carbons (Fsp3) is 0.650. The Hall–Kier alpha value is -1.55. The number of likely N-dealkylation sites (tertiary alicyclic amines) is 1. The number of nitrogens with one attached hydrogen (secondary N) is 2. The van der Waals surface area contributed by atoms with E-state index in [1.807, 2.05) is 7.05 Å². The number of guanidine groups is 1. The summed E-state index contributed by atoms with van der Waals surface area (Å²) in [4.78, 5) is 6.92. The summed E-state index contributed by atoms with van der Waals surface area (Å²) in [5.41, 5.74) is 1.41. The number of nitrogens with zero attached hydrogens (tertiary/aromatic N) is 2. The van der Waals surface area contributed by atoms with Crippen molar-refractivity contribution in [1.82, 2.24) is 15.5 Å². The van der Waals surface area contributed by atoms with Crippen LogP contribution in [0.5, 0.6) is 0 Å². The van der Waals surface area contributed by atoms with E-state index in [4.69, 9.17) is 0 Å². The molecule has 0 aromatic heterocycles. The van der Waals surface area contributed by atoms with Crippen molar-refractivity contribution in [2.24, 2.45) is 4.99 Å². The van der Waals surface area contributed by atoms with Crippen molar-refractivity contribution in [3.63, 3.8) is 0 Å². The molecule has 0 saturated carbocycles. The summed E-state index contributed by atoms with van der Waals surface area (Å²) in [5, 5.41) is 7.05. The largest absolute Gasteiger partial charge is 0.356 e. The molecule has 0 atom stereocenters. The van der Waals surface area contributed by atoms with Crippen LogP contribution >= 0.6 is 0 Å². The molecule has 0 bridgehead atoms. The summed E-state index contributed by atoms with van der Waals surface area (Å²) in [5.74, 6) is 0.966. The molecule has 1 aliphatic heterocycles. The van der Waals surface area contributed by atoms with Gasteiger partial charge in [-0.05, 0) is 24.8 Å². The van der Waals surface area contributed by atoms with Crippen LogP contribution in [0.4, 0.5) is 0 Å². The van der Waals surface area contributed by atoms with Crippen molar-refractivity contribution in [1.29, 1.82) is 0 Å². The number of hydrogen-bond acceptors (Lipinski definition) is 2. The highest BCUT2D eigenvalue weighted by molar-refractivity contribution is 5.79. The Labute approximate surface area is 147 Å². The molecule has 1 aromatic rings. The number of piperidine rings is 1. The van der Waals surface area contributed by atoms with Crippen LogP contribution < -0.4 is 10.6 Å². The zero-order chi connectivity index (χ0) is 17.0. The van der Waals surface area contributed by atoms with E-state index in [9.17, 15) is 0 Å². The van der Waals surface area contributed by atoms with Gasteiger partial charge in [0.1, 0.15) is 0 Å². The first-order valence-corrected chi connectivity index (χ1v) is 9.55. The molecule has 24 heavy (non-hydrogen) atoms. The predicted octanol–water partition coefficient (Wildman–Crippen LogP) is 3.40. The Balaban J connectivity index is 1.64. The molecule has 2 rings (SSSR count). The van der Waals surface area contributed by atoms with Gasteiger partial charge in [-0.15, -0.1) is 0 Å². The molecule has 0 spiro atoms. The summed E-state index contributed by atoms with van der Waals surface area (Å²) < 4.78 is 0. The number of aliphatic imine (C=N–C) groups is 1. The van der Waals surface area contributed by atoms with Gasteiger partial charge in [0.2, 0.25) is 0 Å². The lowest BCUT2D eigenvalue weighted by Gasteiger charge is -2.33. The van der Waals surface area contributed by atoms with Crippen molar-refractivity contribution in [2.45, 2.75) is 58.0 Å². The van der Waals surface area contributed by atoms with E-state index in [0.29, 0.717) is 6.04 Å². The first-order valence-electron chi connectivity index (χ1n) is 9.55. The van der Waals surface area contributed by atoms with Gasteiger partial charge < -0.3 is 10.6 Å². The van der Waals surface area contributed by atoms with Gasteiger partial charge in [-0.3, -0.25) is 9.89 Å². The highest BCUT2D eigenvalue weighted by Crippen LogP contribution is 2.13. The highest BCUT2D eigenvalue weighted by atomic mass is 15.2. The fourth-order valence-electron chi connectivity index (χ4n) is 3.22. The zero-order valence-corrected chi connectivity index (χ0v) is 15.4. The molecule has 1 saturated heterocycles. The van der Waals surface area contributed by atoms with Crippen molar-refractivity contribution in [3.05, 3.63) is 35.9 Å². The van der Waals surface area contributed by atoms with Crippen LogP contribution in [-0.4, -0.2) is 43.6 Å². The molecule has 134 valence electrons. The van der Waals surface area contributed by atoms with Gasteiger partial charge in [0.15, 0.2) is 5.96 Å². The second kappa shape index (κ2) is 11.1. The molecule has 0 radical (unpaired) electrons. The minimum atomic E-state index is 0.541. The quantitative estimate of drug-likeness (QED) is 0.436. The van der Waals surface area contributed by atoms with Gasteiger partial charge in [0.05, 0.1) is 0 Å². The average molecular weight is 331 g/mol. The van der Waals surface area contributed by atoms with Gasteiger partial charge in [0, 0.05) is 39.3 Å². The van der Waals surface area contributed by atoms with E-state index >= 15 is 0 Å². The van der Waals surface area contributed by atoms with Gasteiger partial charge in [-0.2, -0.15) is 0 Å². The first kappa shape index (κ1) is 18.8. The predicted molar refractivity (Wildman–Crippen MR) is 103 cm³/mol. The van der Waals surface area contributed by atoms with Crippen LogP contribution in [0, 0.1) is 0 Å². The van der Waals surface area contributed by atoms with E-state index in [1.165, 1.54) is 44.1 Å². The third-order valence-electron chi connectivity index (χ3n) is 4.72. The Morgan fingerprint density at radius 2 is 1.88 bits per heavy atom. The number of hydrogen-bond donors (Lipinski definition) is 2. The Kier molecular flexibility index (Phi) is 8.67. The lowest BCUT2D eigenvalue weighted by atomic mass is 10.0. The van der Waals surface area contributed by atoms with E-state index < -0.39 is 0 Å². The molecule has 0 unspecified atom stereocenters. The Morgan fingerprint density at radius 3 is 2.54 bits per heavy atom. The maximum absolute atomic E-state index is 4.37. The van der Waals surface area contributed by atoms with E-state index in [1.54, 1.807) is 0 Å². The molecular weight excluding hydrogens is 296 g/mol. The molecule has 1 aliphatic rings. The molecule has 4 heteroatoms. The topological polar surface area (TPSA) is 39.7 Å². The van der Waals surface area contributed by atoms with Crippen molar-refractivity contribution in [3.8, 4) is 0 Å². The summed E-state index contributed by atoms with van der Waals surface area (Å²) in [6.07, 6.45) is 7.51. The molecule has 4 nitrogen and oxygen atoms in total. The summed E-state index contributed by atoms with van der Waals surface area (Å²) in [6.45, 7) is 6.64. The molecule has 0 amide bonds. The zero-order valence-electron chi connectivity index (χ0n) is 15.4. The van der Waals surface area contributed by atoms with Crippen molar-refractivity contribution in [2.75, 3.05) is 26.7 Å². The smallest absolute Gasteiger partial charge is 0.191 e. The van der Waals surface area contributed by atoms with E-state index in [-0.39, 0.29) is 0 Å². The number of unbranched alkanes of at least 4 members (excludes halogenated alkanes) is 3. The highest BCUT2D eigenvalue weighted by Gasteiger charge is 2.19. The maximum Gasteiger partial charge on any atom is 0.191 e. The lowest BCUT2D eigenvalue weighted by Crippen LogP contribution is -2.48. The summed E-state index contributed by atoms with van der Waals surface area (Å²) in [6, 6.07) is 11.3. The fourth-order valence-corrected chi connectivity index (χ4v) is 3.22. The van der Waals surface area contributed by atoms with Crippen LogP contribution in [0.3, 0.4) is 0 Å². The Morgan fingerprint density at radius 1 is 1.12 bits per heavy atom. The lowest BCUT2D eigenvalue weighted by molar-refractivity contribution is 0.198. The minimum absolute atomic E-state index is 0.541. The molecule has 2 N–H and O–H groups in total. The van der Waals surface area contributed by atoms with Crippen molar-refractivity contribution >= 4 is 5.96 Å². The third-order valence-corrected chi connectivity index (χ3v) is 4.72. The molecule has 1 heterocycles. The summed E-state index contributed by atoms with van der Waals surface area (Å²) >= 11 is 0. The number of rotatable bonds is 8. The van der Waals surface area contributed by atoms with Gasteiger partial charge in [0.25, 0.3) is 0 Å². The van der Waals surface area contributed by atoms with Crippen LogP contribution in [0.2, 0.25) is 0 Å². The Bertz CT molecular complexity index is 464. The summed E-state index contributed by atoms with van der Waals surface area (Å²) in [7, 11) is 1.87. The normalized spacial score (nSPS) is 17.0. The van der Waals surface area contributed by atoms with E-state index in [2.05, 4.69) is 57.8 Å². The number of benzene rings is 1. The third kappa shape index (κ3) is 6.91. The average Bonchev–Trinajstić information content (AvgIpc) is 2.63. The van der Waals surface area contributed by atoms with Gasteiger partial charge in [-0.25, -0.2) is 0 Å². The first-order chi connectivity index (χ1) is 11.8. The SMILES string of the molecule is CCCCCCNC(=NC)NC1CCN(Cc2ccccc2)CC1. The monoisotopic (exact) mass is 330 g/mol. The molecule has 0 aliphatic carbocycles.